The quantitative estimate of drug-likeness (QED) is 0.833. The smallest absolute Gasteiger partial charge is 0.398 e. The average molecular weight is 308 g/mol. The second-order valence-electron chi connectivity index (χ2n) is 4.28. The number of alkyl halides is 3. The van der Waals surface area contributed by atoms with Gasteiger partial charge in [0.1, 0.15) is 0 Å². The minimum Gasteiger partial charge on any atom is -0.398 e. The average Bonchev–Trinajstić information content (AvgIpc) is 2.34. The molecule has 3 N–H and O–H groups in total. The second kappa shape index (κ2) is 6.25. The normalized spacial score (nSPS) is 14.7. The highest BCUT2D eigenvalue weighted by Crippen LogP contribution is 2.34. The summed E-state index contributed by atoms with van der Waals surface area (Å²) < 4.78 is 49.1. The third-order valence-corrected chi connectivity index (χ3v) is 4.07. The van der Waals surface area contributed by atoms with Crippen molar-refractivity contribution in [3.8, 4) is 0 Å². The molecule has 0 aliphatic rings. The number of anilines is 1. The van der Waals surface area contributed by atoms with Gasteiger partial charge in [-0.05, 0) is 19.1 Å². The van der Waals surface area contributed by atoms with Gasteiger partial charge in [0.05, 0.1) is 16.8 Å². The molecule has 4 nitrogen and oxygen atoms in total. The van der Waals surface area contributed by atoms with E-state index in [1.807, 2.05) is 0 Å². The van der Waals surface area contributed by atoms with Crippen molar-refractivity contribution in [2.45, 2.75) is 18.3 Å². The highest BCUT2D eigenvalue weighted by molar-refractivity contribution is 7.84. The predicted octanol–water partition coefficient (Wildman–Crippen LogP) is 1.78. The van der Waals surface area contributed by atoms with E-state index in [4.69, 9.17) is 5.73 Å². The Balaban J connectivity index is 2.92. The van der Waals surface area contributed by atoms with E-state index in [0.29, 0.717) is 0 Å². The van der Waals surface area contributed by atoms with E-state index in [-0.39, 0.29) is 17.4 Å². The molecule has 1 amide bonds. The van der Waals surface area contributed by atoms with E-state index >= 15 is 0 Å². The first-order chi connectivity index (χ1) is 9.14. The molecule has 0 aliphatic heterocycles. The fourth-order valence-electron chi connectivity index (χ4n) is 1.46. The molecule has 2 unspecified atom stereocenters. The van der Waals surface area contributed by atoms with Crippen LogP contribution >= 0.6 is 0 Å². The van der Waals surface area contributed by atoms with Crippen molar-refractivity contribution < 1.29 is 22.2 Å². The van der Waals surface area contributed by atoms with Gasteiger partial charge in [-0.25, -0.2) is 0 Å². The molecule has 0 saturated carbocycles. The largest absolute Gasteiger partial charge is 0.418 e. The topological polar surface area (TPSA) is 72.2 Å². The highest BCUT2D eigenvalue weighted by Gasteiger charge is 2.34. The molecule has 1 rings (SSSR count). The molecule has 0 aliphatic carbocycles. The maximum atomic E-state index is 12.7. The second-order valence-corrected chi connectivity index (χ2v) is 6.09. The monoisotopic (exact) mass is 308 g/mol. The number of hydrogen-bond donors (Lipinski definition) is 2. The Morgan fingerprint density at radius 2 is 2.05 bits per heavy atom. The predicted molar refractivity (Wildman–Crippen MR) is 71.7 cm³/mol. The van der Waals surface area contributed by atoms with Gasteiger partial charge in [-0.3, -0.25) is 9.00 Å². The van der Waals surface area contributed by atoms with Crippen LogP contribution in [-0.2, 0) is 17.0 Å². The Morgan fingerprint density at radius 1 is 1.45 bits per heavy atom. The lowest BCUT2D eigenvalue weighted by molar-refractivity contribution is -0.136. The van der Waals surface area contributed by atoms with Crippen molar-refractivity contribution in [1.82, 2.24) is 5.32 Å². The Morgan fingerprint density at radius 3 is 2.55 bits per heavy atom. The van der Waals surface area contributed by atoms with Crippen molar-refractivity contribution in [2.75, 3.05) is 18.5 Å². The third-order valence-electron chi connectivity index (χ3n) is 2.77. The standard InChI is InChI=1S/C12H15F3N2O2S/c1-7(20(2)19)6-17-11(18)8-4-3-5-9(10(8)16)12(13,14)15/h3-5,7H,6,16H2,1-2H3,(H,17,18). The maximum Gasteiger partial charge on any atom is 0.418 e. The zero-order chi connectivity index (χ0) is 15.5. The molecule has 0 aromatic heterocycles. The van der Waals surface area contributed by atoms with Crippen molar-refractivity contribution >= 4 is 22.4 Å². The van der Waals surface area contributed by atoms with E-state index in [1.165, 1.54) is 12.3 Å². The molecule has 0 spiro atoms. The maximum absolute atomic E-state index is 12.7. The summed E-state index contributed by atoms with van der Waals surface area (Å²) in [4.78, 5) is 11.8. The molecule has 0 saturated heterocycles. The van der Waals surface area contributed by atoms with Crippen molar-refractivity contribution in [2.24, 2.45) is 0 Å². The summed E-state index contributed by atoms with van der Waals surface area (Å²) >= 11 is 0. The first-order valence-corrected chi connectivity index (χ1v) is 7.32. The first kappa shape index (κ1) is 16.5. The number of carbonyl (C=O) groups is 1. The van der Waals surface area contributed by atoms with Crippen LogP contribution in [0.3, 0.4) is 0 Å². The first-order valence-electron chi connectivity index (χ1n) is 5.70. The van der Waals surface area contributed by atoms with Gasteiger partial charge in [-0.1, -0.05) is 6.07 Å². The molecular weight excluding hydrogens is 293 g/mol. The minimum atomic E-state index is -4.61. The number of nitrogens with one attached hydrogen (secondary N) is 1. The van der Waals surface area contributed by atoms with Crippen molar-refractivity contribution in [3.63, 3.8) is 0 Å². The molecule has 8 heteroatoms. The summed E-state index contributed by atoms with van der Waals surface area (Å²) in [7, 11) is -1.13. The van der Waals surface area contributed by atoms with Crippen LogP contribution in [-0.4, -0.2) is 28.2 Å². The molecular formula is C12H15F3N2O2S. The van der Waals surface area contributed by atoms with Gasteiger partial charge in [0.2, 0.25) is 0 Å². The summed E-state index contributed by atoms with van der Waals surface area (Å²) in [5, 5.41) is 2.12. The van der Waals surface area contributed by atoms with Crippen molar-refractivity contribution in [1.29, 1.82) is 0 Å². The number of para-hydroxylation sites is 1. The van der Waals surface area contributed by atoms with Gasteiger partial charge in [0.25, 0.3) is 5.91 Å². The molecule has 0 bridgehead atoms. The number of hydrogen-bond acceptors (Lipinski definition) is 3. The fourth-order valence-corrected chi connectivity index (χ4v) is 1.78. The van der Waals surface area contributed by atoms with Gasteiger partial charge in [-0.15, -0.1) is 0 Å². The van der Waals surface area contributed by atoms with Crippen LogP contribution < -0.4 is 11.1 Å². The Labute approximate surface area is 117 Å². The minimum absolute atomic E-state index is 0.0949. The zero-order valence-electron chi connectivity index (χ0n) is 11.0. The molecule has 0 fully saturated rings. The Bertz CT molecular complexity index is 532. The molecule has 20 heavy (non-hydrogen) atoms. The summed E-state index contributed by atoms with van der Waals surface area (Å²) in [6.45, 7) is 1.75. The van der Waals surface area contributed by atoms with Gasteiger partial charge >= 0.3 is 6.18 Å². The van der Waals surface area contributed by atoms with Crippen LogP contribution in [0.1, 0.15) is 22.8 Å². The van der Waals surface area contributed by atoms with Crippen LogP contribution in [0.4, 0.5) is 18.9 Å². The van der Waals surface area contributed by atoms with Gasteiger partial charge in [-0.2, -0.15) is 13.2 Å². The van der Waals surface area contributed by atoms with E-state index in [1.54, 1.807) is 6.92 Å². The number of carbonyl (C=O) groups excluding carboxylic acids is 1. The summed E-state index contributed by atoms with van der Waals surface area (Å²) in [6.07, 6.45) is -3.13. The molecule has 0 radical (unpaired) electrons. The van der Waals surface area contributed by atoms with Crippen LogP contribution in [0.25, 0.3) is 0 Å². The van der Waals surface area contributed by atoms with Gasteiger partial charge in [0.15, 0.2) is 0 Å². The van der Waals surface area contributed by atoms with Crippen LogP contribution in [0, 0.1) is 0 Å². The summed E-state index contributed by atoms with van der Waals surface area (Å²) in [6, 6.07) is 3.15. The number of benzene rings is 1. The van der Waals surface area contributed by atoms with E-state index in [0.717, 1.165) is 12.1 Å². The lowest BCUT2D eigenvalue weighted by Gasteiger charge is -2.14. The van der Waals surface area contributed by atoms with Crippen molar-refractivity contribution in [3.05, 3.63) is 29.3 Å². The lowest BCUT2D eigenvalue weighted by atomic mass is 10.1. The fraction of sp³-hybridized carbons (Fsp3) is 0.417. The van der Waals surface area contributed by atoms with E-state index < -0.39 is 34.1 Å². The zero-order valence-corrected chi connectivity index (χ0v) is 11.8. The van der Waals surface area contributed by atoms with Crippen LogP contribution in [0.15, 0.2) is 18.2 Å². The Hall–Kier alpha value is -1.57. The van der Waals surface area contributed by atoms with E-state index in [9.17, 15) is 22.2 Å². The molecule has 1 aromatic rings. The van der Waals surface area contributed by atoms with Gasteiger partial charge in [0, 0.05) is 28.9 Å². The van der Waals surface area contributed by atoms with Gasteiger partial charge < -0.3 is 11.1 Å². The lowest BCUT2D eigenvalue weighted by Crippen LogP contribution is -2.33. The van der Waals surface area contributed by atoms with E-state index in [2.05, 4.69) is 5.32 Å². The highest BCUT2D eigenvalue weighted by atomic mass is 32.2. The van der Waals surface area contributed by atoms with Crippen LogP contribution in [0.5, 0.6) is 0 Å². The summed E-state index contributed by atoms with van der Waals surface area (Å²) in [5.41, 5.74) is 3.50. The van der Waals surface area contributed by atoms with Crippen LogP contribution in [0.2, 0.25) is 0 Å². The molecule has 2 atom stereocenters. The Kier molecular flexibility index (Phi) is 5.15. The molecule has 1 aromatic carbocycles. The number of halogens is 3. The molecule has 112 valence electrons. The third kappa shape index (κ3) is 3.96. The number of amides is 1. The number of nitrogen functional groups attached to an aromatic ring is 1. The molecule has 0 heterocycles. The summed E-state index contributed by atoms with van der Waals surface area (Å²) in [5.74, 6) is -0.717. The SMILES string of the molecule is CC(CNC(=O)c1cccc(C(F)(F)F)c1N)S(C)=O. The number of nitrogens with two attached hydrogens (primary N) is 1. The number of rotatable bonds is 4.